The monoisotopic (exact) mass is 463 g/mol. The van der Waals surface area contributed by atoms with E-state index in [-0.39, 0.29) is 10.7 Å². The zero-order valence-corrected chi connectivity index (χ0v) is 19.4. The largest absolute Gasteiger partial charge is 0.493 e. The number of halogens is 1. The average molecular weight is 464 g/mol. The number of benzene rings is 2. The molecule has 0 fully saturated rings. The minimum absolute atomic E-state index is 0.158. The smallest absolute Gasteiger partial charge is 0.258 e. The molecule has 1 unspecified atom stereocenters. The molecule has 10 heteroatoms. The molecule has 0 heterocycles. The van der Waals surface area contributed by atoms with Crippen LogP contribution in [0.2, 0.25) is 5.02 Å². The van der Waals surface area contributed by atoms with Crippen molar-refractivity contribution in [3.05, 3.63) is 35.4 Å². The highest BCUT2D eigenvalue weighted by Gasteiger charge is 2.25. The topological polar surface area (TPSA) is 108 Å². The lowest BCUT2D eigenvalue weighted by Gasteiger charge is -2.16. The Labute approximate surface area is 191 Å². The first-order valence-corrected chi connectivity index (χ1v) is 10.3. The number of anilines is 1. The van der Waals surface area contributed by atoms with E-state index in [2.05, 4.69) is 15.5 Å². The van der Waals surface area contributed by atoms with Gasteiger partial charge in [-0.1, -0.05) is 11.6 Å². The van der Waals surface area contributed by atoms with Crippen LogP contribution >= 0.6 is 11.6 Å². The van der Waals surface area contributed by atoms with E-state index in [0.29, 0.717) is 41.9 Å². The fourth-order valence-electron chi connectivity index (χ4n) is 2.71. The lowest BCUT2D eigenvalue weighted by molar-refractivity contribution is -0.126. The molecule has 0 spiro atoms. The molecule has 0 radical (unpaired) electrons. The SMILES string of the molecule is CCOc1ccc(NC(=O)C(N=Nc2ccc(OC)c(OC)c2)C(C)=O)c(Cl)c1OCC. The molecular weight excluding hydrogens is 438 g/mol. The maximum atomic E-state index is 12.8. The molecular formula is C22H26ClN3O6. The van der Waals surface area contributed by atoms with Crippen LogP contribution in [0.4, 0.5) is 11.4 Å². The van der Waals surface area contributed by atoms with Gasteiger partial charge in [0.15, 0.2) is 28.8 Å². The number of hydrogen-bond acceptors (Lipinski definition) is 8. The lowest BCUT2D eigenvalue weighted by atomic mass is 10.2. The van der Waals surface area contributed by atoms with E-state index in [4.69, 9.17) is 30.5 Å². The molecule has 0 bridgehead atoms. The Morgan fingerprint density at radius 2 is 1.66 bits per heavy atom. The van der Waals surface area contributed by atoms with Crippen LogP contribution in [0.15, 0.2) is 40.6 Å². The second kappa shape index (κ2) is 11.9. The molecule has 172 valence electrons. The van der Waals surface area contributed by atoms with E-state index in [1.165, 1.54) is 21.1 Å². The summed E-state index contributed by atoms with van der Waals surface area (Å²) in [6, 6.07) is 6.67. The number of amides is 1. The van der Waals surface area contributed by atoms with Crippen LogP contribution in [-0.2, 0) is 9.59 Å². The van der Waals surface area contributed by atoms with E-state index >= 15 is 0 Å². The number of nitrogens with one attached hydrogen (secondary N) is 1. The molecule has 0 aliphatic carbocycles. The summed E-state index contributed by atoms with van der Waals surface area (Å²) in [6.07, 6.45) is 0. The summed E-state index contributed by atoms with van der Waals surface area (Å²) in [5.41, 5.74) is 0.649. The molecule has 1 N–H and O–H groups in total. The Hall–Kier alpha value is -3.33. The Bertz CT molecular complexity index is 996. The van der Waals surface area contributed by atoms with Crippen molar-refractivity contribution in [1.29, 1.82) is 0 Å². The summed E-state index contributed by atoms with van der Waals surface area (Å²) < 4.78 is 21.5. The van der Waals surface area contributed by atoms with Gasteiger partial charge in [0.2, 0.25) is 6.04 Å². The average Bonchev–Trinajstić information content (AvgIpc) is 2.77. The summed E-state index contributed by atoms with van der Waals surface area (Å²) in [5, 5.41) is 10.7. The van der Waals surface area contributed by atoms with Crippen molar-refractivity contribution in [2.24, 2.45) is 10.2 Å². The first-order chi connectivity index (χ1) is 15.4. The normalized spacial score (nSPS) is 11.7. The quantitative estimate of drug-likeness (QED) is 0.377. The molecule has 2 aromatic carbocycles. The first kappa shape index (κ1) is 24.9. The van der Waals surface area contributed by atoms with E-state index in [1.54, 1.807) is 37.3 Å². The third kappa shape index (κ3) is 6.10. The third-order valence-corrected chi connectivity index (χ3v) is 4.57. The molecule has 0 saturated heterocycles. The molecule has 2 aromatic rings. The van der Waals surface area contributed by atoms with Crippen LogP contribution in [-0.4, -0.2) is 45.2 Å². The number of hydrogen-bond donors (Lipinski definition) is 1. The summed E-state index contributed by atoms with van der Waals surface area (Å²) in [4.78, 5) is 24.8. The molecule has 0 aliphatic rings. The predicted molar refractivity (Wildman–Crippen MR) is 121 cm³/mol. The second-order valence-electron chi connectivity index (χ2n) is 6.38. The van der Waals surface area contributed by atoms with Gasteiger partial charge in [-0.15, -0.1) is 0 Å². The van der Waals surface area contributed by atoms with E-state index in [9.17, 15) is 9.59 Å². The Morgan fingerprint density at radius 1 is 1.00 bits per heavy atom. The van der Waals surface area contributed by atoms with Gasteiger partial charge in [0, 0.05) is 6.07 Å². The Morgan fingerprint density at radius 3 is 2.25 bits per heavy atom. The van der Waals surface area contributed by atoms with Crippen molar-refractivity contribution in [1.82, 2.24) is 0 Å². The van der Waals surface area contributed by atoms with Crippen LogP contribution in [0, 0.1) is 0 Å². The van der Waals surface area contributed by atoms with Crippen LogP contribution in [0.1, 0.15) is 20.8 Å². The Balaban J connectivity index is 2.27. The molecule has 0 saturated carbocycles. The van der Waals surface area contributed by atoms with Gasteiger partial charge >= 0.3 is 0 Å². The highest BCUT2D eigenvalue weighted by Crippen LogP contribution is 2.40. The number of nitrogens with zero attached hydrogens (tertiary/aromatic N) is 2. The fourth-order valence-corrected chi connectivity index (χ4v) is 2.97. The van der Waals surface area contributed by atoms with Crippen molar-refractivity contribution >= 4 is 34.7 Å². The number of carbonyl (C=O) groups excluding carboxylic acids is 2. The molecule has 0 aliphatic heterocycles. The van der Waals surface area contributed by atoms with Crippen LogP contribution in [0.25, 0.3) is 0 Å². The minimum atomic E-state index is -1.37. The highest BCUT2D eigenvalue weighted by molar-refractivity contribution is 6.35. The maximum absolute atomic E-state index is 12.8. The number of Topliss-reactive ketones (excluding diaryl/α,β-unsaturated/α-hetero) is 1. The minimum Gasteiger partial charge on any atom is -0.493 e. The molecule has 1 amide bonds. The number of rotatable bonds is 11. The van der Waals surface area contributed by atoms with E-state index in [1.807, 2.05) is 6.92 Å². The highest BCUT2D eigenvalue weighted by atomic mass is 35.5. The molecule has 32 heavy (non-hydrogen) atoms. The number of ketones is 1. The summed E-state index contributed by atoms with van der Waals surface area (Å²) in [6.45, 7) is 5.67. The molecule has 1 atom stereocenters. The number of azo groups is 1. The molecule has 2 rings (SSSR count). The number of methoxy groups -OCH3 is 2. The van der Waals surface area contributed by atoms with Crippen LogP contribution in [0.5, 0.6) is 23.0 Å². The van der Waals surface area contributed by atoms with E-state index in [0.717, 1.165) is 0 Å². The standard InChI is InChI=1S/C22H26ClN3O6/c1-6-31-17-11-9-15(19(23)21(17)32-7-2)24-22(28)20(13(3)27)26-25-14-8-10-16(29-4)18(12-14)30-5/h8-12,20H,6-7H2,1-5H3,(H,24,28). The Kier molecular flexibility index (Phi) is 9.27. The van der Waals surface area contributed by atoms with E-state index < -0.39 is 17.7 Å². The van der Waals surface area contributed by atoms with Gasteiger partial charge in [-0.25, -0.2) is 0 Å². The zero-order chi connectivity index (χ0) is 23.7. The van der Waals surface area contributed by atoms with Crippen molar-refractivity contribution in [2.45, 2.75) is 26.8 Å². The maximum Gasteiger partial charge on any atom is 0.258 e. The van der Waals surface area contributed by atoms with Crippen molar-refractivity contribution in [3.63, 3.8) is 0 Å². The second-order valence-corrected chi connectivity index (χ2v) is 6.76. The predicted octanol–water partition coefficient (Wildman–Crippen LogP) is 4.83. The van der Waals surface area contributed by atoms with Crippen LogP contribution < -0.4 is 24.3 Å². The van der Waals surface area contributed by atoms with Crippen molar-refractivity contribution in [3.8, 4) is 23.0 Å². The van der Waals surface area contributed by atoms with Crippen LogP contribution in [0.3, 0.4) is 0 Å². The lowest BCUT2D eigenvalue weighted by Crippen LogP contribution is -2.32. The molecule has 9 nitrogen and oxygen atoms in total. The molecule has 0 aromatic heterocycles. The van der Waals surface area contributed by atoms with Gasteiger partial charge < -0.3 is 24.3 Å². The van der Waals surface area contributed by atoms with Gasteiger partial charge in [-0.05, 0) is 45.0 Å². The third-order valence-electron chi connectivity index (χ3n) is 4.20. The first-order valence-electron chi connectivity index (χ1n) is 9.88. The van der Waals surface area contributed by atoms with Crippen molar-refractivity contribution in [2.75, 3.05) is 32.8 Å². The summed E-state index contributed by atoms with van der Waals surface area (Å²) >= 11 is 6.41. The van der Waals surface area contributed by atoms with Gasteiger partial charge in [-0.2, -0.15) is 10.2 Å². The van der Waals surface area contributed by atoms with Crippen molar-refractivity contribution < 1.29 is 28.5 Å². The summed E-state index contributed by atoms with van der Waals surface area (Å²) in [7, 11) is 3.00. The van der Waals surface area contributed by atoms with Gasteiger partial charge in [-0.3, -0.25) is 9.59 Å². The fraction of sp³-hybridized carbons (Fsp3) is 0.364. The number of carbonyl (C=O) groups is 2. The van der Waals surface area contributed by atoms with Gasteiger partial charge in [0.05, 0.1) is 38.8 Å². The van der Waals surface area contributed by atoms with Gasteiger partial charge in [0.25, 0.3) is 5.91 Å². The summed E-state index contributed by atoms with van der Waals surface area (Å²) in [5.74, 6) is 0.544. The van der Waals surface area contributed by atoms with Gasteiger partial charge in [0.1, 0.15) is 5.02 Å². The zero-order valence-electron chi connectivity index (χ0n) is 18.6. The number of ether oxygens (including phenoxy) is 4.